The molecule has 14 heavy (non-hydrogen) atoms. The molecule has 5 heteroatoms. The molecule has 0 saturated heterocycles. The summed E-state index contributed by atoms with van der Waals surface area (Å²) < 4.78 is 0.891. The first-order valence-electron chi connectivity index (χ1n) is 4.67. The zero-order valence-electron chi connectivity index (χ0n) is 8.42. The topological polar surface area (TPSA) is 49.8 Å². The molecule has 0 aliphatic rings. The second-order valence-electron chi connectivity index (χ2n) is 3.06. The van der Waals surface area contributed by atoms with Crippen LogP contribution in [0.15, 0.2) is 16.9 Å². The van der Waals surface area contributed by atoms with Gasteiger partial charge in [0.25, 0.3) is 0 Å². The van der Waals surface area contributed by atoms with Crippen LogP contribution in [-0.2, 0) is 0 Å². The van der Waals surface area contributed by atoms with Gasteiger partial charge in [-0.3, -0.25) is 0 Å². The van der Waals surface area contributed by atoms with Gasteiger partial charge in [-0.2, -0.15) is 0 Å². The third-order valence-corrected chi connectivity index (χ3v) is 2.15. The highest BCUT2D eigenvalue weighted by molar-refractivity contribution is 9.10. The van der Waals surface area contributed by atoms with E-state index in [2.05, 4.69) is 50.4 Å². The predicted octanol–water partition coefficient (Wildman–Crippen LogP) is 1.65. The molecular formula is C9H15BrN4. The average Bonchev–Trinajstić information content (AvgIpc) is 2.17. The van der Waals surface area contributed by atoms with E-state index in [4.69, 9.17) is 0 Å². The molecule has 0 saturated carbocycles. The first-order valence-corrected chi connectivity index (χ1v) is 5.46. The maximum Gasteiger partial charge on any atom is 0.222 e. The Balaban J connectivity index is 2.34. The van der Waals surface area contributed by atoms with Crippen molar-refractivity contribution in [3.05, 3.63) is 16.9 Å². The Morgan fingerprint density at radius 1 is 1.43 bits per heavy atom. The molecule has 1 heterocycles. The summed E-state index contributed by atoms with van der Waals surface area (Å²) in [7, 11) is 0. The summed E-state index contributed by atoms with van der Waals surface area (Å²) in [6.07, 6.45) is 3.46. The minimum atomic E-state index is 0.423. The lowest BCUT2D eigenvalue weighted by Crippen LogP contribution is -2.32. The smallest absolute Gasteiger partial charge is 0.222 e. The molecule has 1 rings (SSSR count). The van der Waals surface area contributed by atoms with Gasteiger partial charge >= 0.3 is 0 Å². The van der Waals surface area contributed by atoms with Crippen molar-refractivity contribution >= 4 is 21.9 Å². The Kier molecular flexibility index (Phi) is 4.82. The summed E-state index contributed by atoms with van der Waals surface area (Å²) >= 11 is 3.29. The number of aromatic nitrogens is 2. The van der Waals surface area contributed by atoms with Gasteiger partial charge < -0.3 is 10.6 Å². The van der Waals surface area contributed by atoms with Gasteiger partial charge in [0.15, 0.2) is 0 Å². The molecule has 0 aliphatic carbocycles. The van der Waals surface area contributed by atoms with Crippen molar-refractivity contribution in [3.8, 4) is 0 Å². The lowest BCUT2D eigenvalue weighted by molar-refractivity contribution is 0.588. The van der Waals surface area contributed by atoms with E-state index in [0.29, 0.717) is 12.0 Å². The van der Waals surface area contributed by atoms with Crippen LogP contribution in [0.1, 0.15) is 13.8 Å². The quantitative estimate of drug-likeness (QED) is 0.844. The first-order chi connectivity index (χ1) is 6.72. The van der Waals surface area contributed by atoms with E-state index in [9.17, 15) is 0 Å². The van der Waals surface area contributed by atoms with E-state index in [1.807, 2.05) is 0 Å². The number of likely N-dealkylation sites (N-methyl/N-ethyl adjacent to an activating group) is 1. The van der Waals surface area contributed by atoms with Gasteiger partial charge in [-0.05, 0) is 29.4 Å². The summed E-state index contributed by atoms with van der Waals surface area (Å²) in [6, 6.07) is 0.423. The minimum Gasteiger partial charge on any atom is -0.353 e. The van der Waals surface area contributed by atoms with Crippen LogP contribution in [0.3, 0.4) is 0 Å². The molecule has 0 spiro atoms. The normalized spacial score (nSPS) is 12.5. The van der Waals surface area contributed by atoms with Gasteiger partial charge in [-0.15, -0.1) is 0 Å². The number of halogens is 1. The molecule has 1 aromatic heterocycles. The fraction of sp³-hybridized carbons (Fsp3) is 0.556. The van der Waals surface area contributed by atoms with Crippen molar-refractivity contribution in [2.75, 3.05) is 18.4 Å². The van der Waals surface area contributed by atoms with Gasteiger partial charge in [-0.1, -0.05) is 6.92 Å². The van der Waals surface area contributed by atoms with Crippen LogP contribution in [0.4, 0.5) is 5.95 Å². The Labute approximate surface area is 92.7 Å². The van der Waals surface area contributed by atoms with E-state index in [1.54, 1.807) is 12.4 Å². The largest absolute Gasteiger partial charge is 0.353 e. The van der Waals surface area contributed by atoms with Crippen LogP contribution < -0.4 is 10.6 Å². The van der Waals surface area contributed by atoms with Crippen LogP contribution in [0, 0.1) is 0 Å². The van der Waals surface area contributed by atoms with Crippen LogP contribution in [0.2, 0.25) is 0 Å². The predicted molar refractivity (Wildman–Crippen MR) is 61.4 cm³/mol. The summed E-state index contributed by atoms with van der Waals surface area (Å²) in [5, 5.41) is 6.45. The molecule has 0 radical (unpaired) electrons. The first kappa shape index (κ1) is 11.4. The van der Waals surface area contributed by atoms with Gasteiger partial charge in [0.05, 0.1) is 4.47 Å². The number of nitrogens with one attached hydrogen (secondary N) is 2. The van der Waals surface area contributed by atoms with Crippen molar-refractivity contribution in [3.63, 3.8) is 0 Å². The third kappa shape index (κ3) is 4.02. The SMILES string of the molecule is CCNC(C)CNc1ncc(Br)cn1. The zero-order valence-corrected chi connectivity index (χ0v) is 10.0. The lowest BCUT2D eigenvalue weighted by atomic mass is 10.3. The van der Waals surface area contributed by atoms with Gasteiger partial charge in [0.2, 0.25) is 5.95 Å². The monoisotopic (exact) mass is 258 g/mol. The molecule has 0 bridgehead atoms. The Hall–Kier alpha value is -0.680. The van der Waals surface area contributed by atoms with Crippen LogP contribution in [-0.4, -0.2) is 29.1 Å². The summed E-state index contributed by atoms with van der Waals surface area (Å²) in [5.74, 6) is 0.665. The molecular weight excluding hydrogens is 244 g/mol. The molecule has 0 aliphatic heterocycles. The molecule has 1 atom stereocenters. The highest BCUT2D eigenvalue weighted by Gasteiger charge is 2.00. The van der Waals surface area contributed by atoms with Gasteiger partial charge in [-0.25, -0.2) is 9.97 Å². The Morgan fingerprint density at radius 3 is 2.64 bits per heavy atom. The summed E-state index contributed by atoms with van der Waals surface area (Å²) in [4.78, 5) is 8.23. The zero-order chi connectivity index (χ0) is 10.4. The van der Waals surface area contributed by atoms with E-state index >= 15 is 0 Å². The standard InChI is InChI=1S/C9H15BrN4/c1-3-11-7(2)4-12-9-13-5-8(10)6-14-9/h5-7,11H,3-4H2,1-2H3,(H,12,13,14). The van der Waals surface area contributed by atoms with Crippen molar-refractivity contribution in [2.24, 2.45) is 0 Å². The fourth-order valence-corrected chi connectivity index (χ4v) is 1.27. The Morgan fingerprint density at radius 2 is 2.07 bits per heavy atom. The minimum absolute atomic E-state index is 0.423. The molecule has 0 amide bonds. The van der Waals surface area contributed by atoms with E-state index < -0.39 is 0 Å². The second-order valence-corrected chi connectivity index (χ2v) is 3.98. The molecule has 0 fully saturated rings. The third-order valence-electron chi connectivity index (χ3n) is 1.74. The number of nitrogens with zero attached hydrogens (tertiary/aromatic N) is 2. The van der Waals surface area contributed by atoms with Crippen molar-refractivity contribution in [2.45, 2.75) is 19.9 Å². The van der Waals surface area contributed by atoms with E-state index in [-0.39, 0.29) is 0 Å². The second kappa shape index (κ2) is 5.93. The molecule has 4 nitrogen and oxygen atoms in total. The highest BCUT2D eigenvalue weighted by atomic mass is 79.9. The van der Waals surface area contributed by atoms with Crippen LogP contribution in [0.25, 0.3) is 0 Å². The maximum absolute atomic E-state index is 4.11. The number of hydrogen-bond donors (Lipinski definition) is 2. The van der Waals surface area contributed by atoms with Crippen LogP contribution in [0.5, 0.6) is 0 Å². The summed E-state index contributed by atoms with van der Waals surface area (Å²) in [5.41, 5.74) is 0. The van der Waals surface area contributed by atoms with Crippen molar-refractivity contribution in [1.29, 1.82) is 0 Å². The number of anilines is 1. The van der Waals surface area contributed by atoms with Crippen molar-refractivity contribution in [1.82, 2.24) is 15.3 Å². The Bertz CT molecular complexity index is 262. The molecule has 1 aromatic rings. The molecule has 2 N–H and O–H groups in total. The highest BCUT2D eigenvalue weighted by Crippen LogP contribution is 2.06. The van der Waals surface area contributed by atoms with Gasteiger partial charge in [0, 0.05) is 25.0 Å². The van der Waals surface area contributed by atoms with Crippen molar-refractivity contribution < 1.29 is 0 Å². The lowest BCUT2D eigenvalue weighted by Gasteiger charge is -2.12. The number of rotatable bonds is 5. The van der Waals surface area contributed by atoms with E-state index in [1.165, 1.54) is 0 Å². The average molecular weight is 259 g/mol. The maximum atomic E-state index is 4.11. The fourth-order valence-electron chi connectivity index (χ4n) is 1.07. The molecule has 78 valence electrons. The van der Waals surface area contributed by atoms with Gasteiger partial charge in [0.1, 0.15) is 0 Å². The number of hydrogen-bond acceptors (Lipinski definition) is 4. The van der Waals surface area contributed by atoms with E-state index in [0.717, 1.165) is 17.6 Å². The molecule has 0 aromatic carbocycles. The van der Waals surface area contributed by atoms with Crippen LogP contribution >= 0.6 is 15.9 Å². The molecule has 1 unspecified atom stereocenters. The summed E-state index contributed by atoms with van der Waals surface area (Å²) in [6.45, 7) is 6.02.